The van der Waals surface area contributed by atoms with Gasteiger partial charge in [-0.3, -0.25) is 9.59 Å². The predicted molar refractivity (Wildman–Crippen MR) is 119 cm³/mol. The predicted octanol–water partition coefficient (Wildman–Crippen LogP) is 5.03. The van der Waals surface area contributed by atoms with Gasteiger partial charge in [0.2, 0.25) is 11.8 Å². The van der Waals surface area contributed by atoms with E-state index < -0.39 is 6.04 Å². The van der Waals surface area contributed by atoms with Crippen molar-refractivity contribution in [1.29, 1.82) is 0 Å². The van der Waals surface area contributed by atoms with Crippen molar-refractivity contribution in [3.63, 3.8) is 0 Å². The third kappa shape index (κ3) is 6.76. The Labute approximate surface area is 183 Å². The van der Waals surface area contributed by atoms with Crippen LogP contribution in [-0.4, -0.2) is 29.3 Å². The molecule has 2 amide bonds. The molecule has 0 aliphatic carbocycles. The normalized spacial score (nSPS) is 12.0. The van der Waals surface area contributed by atoms with Crippen molar-refractivity contribution in [3.05, 3.63) is 69.2 Å². The standard InChI is InChI=1S/C23H28Cl2N2O2/c1-15(2)13-26-23(29)17(4)27(14-19-20(24)9-6-10-21(19)25)22(28)12-18-8-5-7-16(3)11-18/h5-11,15,17H,12-14H2,1-4H3,(H,26,29)/t17-/m1/s1. The molecule has 0 aliphatic heterocycles. The van der Waals surface area contributed by atoms with Crippen LogP contribution in [0.15, 0.2) is 42.5 Å². The van der Waals surface area contributed by atoms with Gasteiger partial charge in [0.1, 0.15) is 6.04 Å². The summed E-state index contributed by atoms with van der Waals surface area (Å²) in [6.07, 6.45) is 0.200. The highest BCUT2D eigenvalue weighted by Crippen LogP contribution is 2.27. The number of aryl methyl sites for hydroxylation is 1. The molecule has 2 aromatic rings. The second-order valence-electron chi connectivity index (χ2n) is 7.70. The molecule has 6 heteroatoms. The summed E-state index contributed by atoms with van der Waals surface area (Å²) in [4.78, 5) is 27.4. The summed E-state index contributed by atoms with van der Waals surface area (Å²) < 4.78 is 0. The van der Waals surface area contributed by atoms with Crippen LogP contribution in [0.25, 0.3) is 0 Å². The fourth-order valence-electron chi connectivity index (χ4n) is 2.99. The lowest BCUT2D eigenvalue weighted by Gasteiger charge is -2.29. The van der Waals surface area contributed by atoms with Crippen LogP contribution in [0.5, 0.6) is 0 Å². The Balaban J connectivity index is 2.28. The van der Waals surface area contributed by atoms with Crippen LogP contribution < -0.4 is 5.32 Å². The second kappa shape index (κ2) is 10.7. The van der Waals surface area contributed by atoms with Gasteiger partial charge >= 0.3 is 0 Å². The lowest BCUT2D eigenvalue weighted by Crippen LogP contribution is -2.48. The number of nitrogens with one attached hydrogen (secondary N) is 1. The molecule has 0 saturated heterocycles. The Morgan fingerprint density at radius 1 is 1.03 bits per heavy atom. The van der Waals surface area contributed by atoms with Crippen LogP contribution in [0.4, 0.5) is 0 Å². The smallest absolute Gasteiger partial charge is 0.242 e. The Morgan fingerprint density at radius 3 is 2.24 bits per heavy atom. The number of carbonyl (C=O) groups is 2. The fraction of sp³-hybridized carbons (Fsp3) is 0.391. The molecule has 156 valence electrons. The lowest BCUT2D eigenvalue weighted by molar-refractivity contribution is -0.140. The van der Waals surface area contributed by atoms with Crippen molar-refractivity contribution < 1.29 is 9.59 Å². The third-order valence-corrected chi connectivity index (χ3v) is 5.39. The number of halogens is 2. The summed E-state index contributed by atoms with van der Waals surface area (Å²) in [6, 6.07) is 12.4. The van der Waals surface area contributed by atoms with E-state index in [1.807, 2.05) is 45.0 Å². The average molecular weight is 435 g/mol. The van der Waals surface area contributed by atoms with Crippen molar-refractivity contribution in [2.45, 2.75) is 46.7 Å². The second-order valence-corrected chi connectivity index (χ2v) is 8.52. The summed E-state index contributed by atoms with van der Waals surface area (Å²) in [5.74, 6) is -0.0288. The van der Waals surface area contributed by atoms with Crippen molar-refractivity contribution in [2.75, 3.05) is 6.54 Å². The molecule has 0 aromatic heterocycles. The highest BCUT2D eigenvalue weighted by atomic mass is 35.5. The van der Waals surface area contributed by atoms with E-state index in [-0.39, 0.29) is 24.8 Å². The first-order valence-electron chi connectivity index (χ1n) is 9.74. The van der Waals surface area contributed by atoms with E-state index >= 15 is 0 Å². The molecule has 0 unspecified atom stereocenters. The molecule has 2 aromatic carbocycles. The van der Waals surface area contributed by atoms with Crippen LogP contribution >= 0.6 is 23.2 Å². The van der Waals surface area contributed by atoms with Gasteiger partial charge in [-0.2, -0.15) is 0 Å². The van der Waals surface area contributed by atoms with Gasteiger partial charge < -0.3 is 10.2 Å². The van der Waals surface area contributed by atoms with E-state index in [9.17, 15) is 9.59 Å². The van der Waals surface area contributed by atoms with Gasteiger partial charge in [0, 0.05) is 28.7 Å². The zero-order chi connectivity index (χ0) is 21.6. The Bertz CT molecular complexity index is 847. The van der Waals surface area contributed by atoms with E-state index in [4.69, 9.17) is 23.2 Å². The largest absolute Gasteiger partial charge is 0.354 e. The minimum absolute atomic E-state index is 0.154. The molecule has 0 heterocycles. The van der Waals surface area contributed by atoms with Crippen LogP contribution in [0, 0.1) is 12.8 Å². The molecule has 0 aliphatic rings. The molecular formula is C23H28Cl2N2O2. The van der Waals surface area contributed by atoms with Gasteiger partial charge in [-0.05, 0) is 37.5 Å². The summed E-state index contributed by atoms with van der Waals surface area (Å²) in [6.45, 7) is 8.48. The molecule has 1 N–H and O–H groups in total. The summed E-state index contributed by atoms with van der Waals surface area (Å²) >= 11 is 12.6. The highest BCUT2D eigenvalue weighted by Gasteiger charge is 2.27. The van der Waals surface area contributed by atoms with Gasteiger partial charge in [-0.25, -0.2) is 0 Å². The molecular weight excluding hydrogens is 407 g/mol. The zero-order valence-electron chi connectivity index (χ0n) is 17.3. The highest BCUT2D eigenvalue weighted by molar-refractivity contribution is 6.36. The Kier molecular flexibility index (Phi) is 8.54. The summed E-state index contributed by atoms with van der Waals surface area (Å²) in [7, 11) is 0. The average Bonchev–Trinajstić information content (AvgIpc) is 2.65. The van der Waals surface area contributed by atoms with E-state index in [0.29, 0.717) is 28.1 Å². The van der Waals surface area contributed by atoms with E-state index in [2.05, 4.69) is 5.32 Å². The van der Waals surface area contributed by atoms with Gasteiger partial charge in [-0.15, -0.1) is 0 Å². The van der Waals surface area contributed by atoms with E-state index in [1.165, 1.54) is 0 Å². The zero-order valence-corrected chi connectivity index (χ0v) is 18.8. The first-order valence-corrected chi connectivity index (χ1v) is 10.5. The molecule has 0 fully saturated rings. The molecule has 29 heavy (non-hydrogen) atoms. The SMILES string of the molecule is Cc1cccc(CC(=O)N(Cc2c(Cl)cccc2Cl)[C@H](C)C(=O)NCC(C)C)c1. The maximum absolute atomic E-state index is 13.2. The molecule has 2 rings (SSSR count). The number of hydrogen-bond donors (Lipinski definition) is 1. The van der Waals surface area contributed by atoms with Gasteiger partial charge in [0.15, 0.2) is 0 Å². The summed E-state index contributed by atoms with van der Waals surface area (Å²) in [5.41, 5.74) is 2.62. The van der Waals surface area contributed by atoms with Crippen LogP contribution in [-0.2, 0) is 22.6 Å². The fourth-order valence-corrected chi connectivity index (χ4v) is 3.50. The molecule has 0 spiro atoms. The Hall–Kier alpha value is -2.04. The lowest BCUT2D eigenvalue weighted by atomic mass is 10.1. The first-order chi connectivity index (χ1) is 13.7. The Morgan fingerprint density at radius 2 is 1.66 bits per heavy atom. The maximum atomic E-state index is 13.2. The van der Waals surface area contributed by atoms with Crippen molar-refractivity contribution in [1.82, 2.24) is 10.2 Å². The van der Waals surface area contributed by atoms with Crippen molar-refractivity contribution >= 4 is 35.0 Å². The number of benzene rings is 2. The summed E-state index contributed by atoms with van der Waals surface area (Å²) in [5, 5.41) is 3.85. The van der Waals surface area contributed by atoms with Crippen LogP contribution in [0.1, 0.15) is 37.5 Å². The third-order valence-electron chi connectivity index (χ3n) is 4.68. The van der Waals surface area contributed by atoms with Gasteiger partial charge in [-0.1, -0.05) is 72.9 Å². The minimum Gasteiger partial charge on any atom is -0.354 e. The molecule has 0 bridgehead atoms. The molecule has 4 nitrogen and oxygen atoms in total. The number of hydrogen-bond acceptors (Lipinski definition) is 2. The quantitative estimate of drug-likeness (QED) is 0.632. The van der Waals surface area contributed by atoms with Gasteiger partial charge in [0.25, 0.3) is 0 Å². The number of amides is 2. The van der Waals surface area contributed by atoms with Gasteiger partial charge in [0.05, 0.1) is 6.42 Å². The van der Waals surface area contributed by atoms with E-state index in [0.717, 1.165) is 11.1 Å². The van der Waals surface area contributed by atoms with Crippen molar-refractivity contribution in [3.8, 4) is 0 Å². The number of carbonyl (C=O) groups excluding carboxylic acids is 2. The number of nitrogens with zero attached hydrogens (tertiary/aromatic N) is 1. The van der Waals surface area contributed by atoms with Crippen LogP contribution in [0.3, 0.4) is 0 Å². The monoisotopic (exact) mass is 434 g/mol. The minimum atomic E-state index is -0.654. The molecule has 0 radical (unpaired) electrons. The van der Waals surface area contributed by atoms with Crippen LogP contribution in [0.2, 0.25) is 10.0 Å². The topological polar surface area (TPSA) is 49.4 Å². The van der Waals surface area contributed by atoms with E-state index in [1.54, 1.807) is 30.0 Å². The van der Waals surface area contributed by atoms with Crippen molar-refractivity contribution in [2.24, 2.45) is 5.92 Å². The maximum Gasteiger partial charge on any atom is 0.242 e. The number of rotatable bonds is 8. The first kappa shape index (κ1) is 23.2. The molecule has 0 saturated carbocycles. The molecule has 1 atom stereocenters.